The van der Waals surface area contributed by atoms with Crippen molar-refractivity contribution in [3.05, 3.63) is 30.1 Å². The smallest absolute Gasteiger partial charge is 0.322 e. The van der Waals surface area contributed by atoms with Crippen molar-refractivity contribution in [2.45, 2.75) is 6.54 Å². The molecule has 9 nitrogen and oxygen atoms in total. The lowest BCUT2D eigenvalue weighted by molar-refractivity contribution is 0.220. The van der Waals surface area contributed by atoms with Gasteiger partial charge in [-0.05, 0) is 6.07 Å². The predicted molar refractivity (Wildman–Crippen MR) is 89.4 cm³/mol. The molecule has 2 N–H and O–H groups in total. The second-order valence-corrected chi connectivity index (χ2v) is 4.86. The quantitative estimate of drug-likeness (QED) is 0.828. The number of nitrogens with zero attached hydrogens (tertiary/aromatic N) is 4. The van der Waals surface area contributed by atoms with E-state index < -0.39 is 0 Å². The van der Waals surface area contributed by atoms with Crippen LogP contribution in [-0.2, 0) is 6.54 Å². The van der Waals surface area contributed by atoms with Crippen molar-refractivity contribution in [2.24, 2.45) is 0 Å². The van der Waals surface area contributed by atoms with Gasteiger partial charge in [0.25, 0.3) is 0 Å². The van der Waals surface area contributed by atoms with Crippen molar-refractivity contribution in [1.29, 1.82) is 0 Å². The monoisotopic (exact) mass is 332 g/mol. The number of ether oxygens (including phenoxy) is 2. The Hall–Kier alpha value is -3.10. The number of hydrogen-bond acceptors (Lipinski definition) is 7. The maximum atomic E-state index is 12.3. The predicted octanol–water partition coefficient (Wildman–Crippen LogP) is 1.59. The van der Waals surface area contributed by atoms with Crippen LogP contribution in [0.15, 0.2) is 24.5 Å². The highest BCUT2D eigenvalue weighted by Gasteiger charge is 2.14. The Bertz CT molecular complexity index is 692. The van der Waals surface area contributed by atoms with Crippen LogP contribution in [0.1, 0.15) is 5.56 Å². The van der Waals surface area contributed by atoms with E-state index in [0.717, 1.165) is 5.56 Å². The molecule has 0 aliphatic heterocycles. The van der Waals surface area contributed by atoms with Crippen LogP contribution in [0.5, 0.6) is 11.8 Å². The van der Waals surface area contributed by atoms with E-state index in [-0.39, 0.29) is 11.9 Å². The molecule has 2 aromatic heterocycles. The van der Waals surface area contributed by atoms with Crippen LogP contribution in [0.3, 0.4) is 0 Å². The van der Waals surface area contributed by atoms with Crippen molar-refractivity contribution in [3.8, 4) is 11.8 Å². The first-order valence-corrected chi connectivity index (χ1v) is 7.17. The largest absolute Gasteiger partial charge is 0.481 e. The van der Waals surface area contributed by atoms with Crippen LogP contribution >= 0.6 is 0 Å². The first-order chi connectivity index (χ1) is 11.6. The van der Waals surface area contributed by atoms with Gasteiger partial charge in [-0.2, -0.15) is 4.98 Å². The maximum absolute atomic E-state index is 12.3. The average molecular weight is 332 g/mol. The molecule has 0 aromatic carbocycles. The standard InChI is InChI=1S/C15H20N6O3/c1-16-14-17-7-10(8-18-14)9-21(2)15(22)19-11-5-6-12(23-3)20-13(11)24-4/h5-8H,9H2,1-4H3,(H,19,22)(H,16,17,18). The molecule has 9 heteroatoms. The third kappa shape index (κ3) is 4.22. The molecule has 2 amide bonds. The summed E-state index contributed by atoms with van der Waals surface area (Å²) in [5.74, 6) is 1.21. The molecule has 0 radical (unpaired) electrons. The fourth-order valence-electron chi connectivity index (χ4n) is 1.91. The third-order valence-corrected chi connectivity index (χ3v) is 3.17. The minimum atomic E-state index is -0.307. The van der Waals surface area contributed by atoms with Crippen molar-refractivity contribution in [1.82, 2.24) is 19.9 Å². The Morgan fingerprint density at radius 2 is 1.92 bits per heavy atom. The van der Waals surface area contributed by atoms with Gasteiger partial charge in [0.1, 0.15) is 5.69 Å². The highest BCUT2D eigenvalue weighted by atomic mass is 16.5. The van der Waals surface area contributed by atoms with Crippen LogP contribution in [0.25, 0.3) is 0 Å². The second-order valence-electron chi connectivity index (χ2n) is 4.86. The Kier molecular flexibility index (Phi) is 5.72. The number of carbonyl (C=O) groups excluding carboxylic acids is 1. The molecule has 0 fully saturated rings. The Morgan fingerprint density at radius 1 is 1.21 bits per heavy atom. The van der Waals surface area contributed by atoms with E-state index in [1.807, 2.05) is 0 Å². The Balaban J connectivity index is 2.02. The van der Waals surface area contributed by atoms with Gasteiger partial charge in [0, 0.05) is 38.1 Å². The molecule has 0 saturated heterocycles. The van der Waals surface area contributed by atoms with E-state index in [1.165, 1.54) is 19.1 Å². The fraction of sp³-hybridized carbons (Fsp3) is 0.333. The summed E-state index contributed by atoms with van der Waals surface area (Å²) in [6.07, 6.45) is 3.33. The van der Waals surface area contributed by atoms with Gasteiger partial charge in [0.2, 0.25) is 17.7 Å². The van der Waals surface area contributed by atoms with E-state index in [4.69, 9.17) is 9.47 Å². The molecule has 0 aliphatic carbocycles. The number of urea groups is 1. The van der Waals surface area contributed by atoms with E-state index in [2.05, 4.69) is 25.6 Å². The lowest BCUT2D eigenvalue weighted by Crippen LogP contribution is -2.31. The Labute approximate surface area is 140 Å². The van der Waals surface area contributed by atoms with Crippen LogP contribution < -0.4 is 20.1 Å². The zero-order valence-electron chi connectivity index (χ0n) is 14.0. The topological polar surface area (TPSA) is 102 Å². The van der Waals surface area contributed by atoms with E-state index in [0.29, 0.717) is 24.1 Å². The van der Waals surface area contributed by atoms with Gasteiger partial charge in [-0.15, -0.1) is 0 Å². The number of amides is 2. The molecular formula is C15H20N6O3. The van der Waals surface area contributed by atoms with Gasteiger partial charge in [-0.1, -0.05) is 0 Å². The van der Waals surface area contributed by atoms with Gasteiger partial charge in [-0.3, -0.25) is 0 Å². The normalized spacial score (nSPS) is 10.0. The minimum Gasteiger partial charge on any atom is -0.481 e. The summed E-state index contributed by atoms with van der Waals surface area (Å²) in [4.78, 5) is 26.2. The summed E-state index contributed by atoms with van der Waals surface area (Å²) in [6, 6.07) is 3.00. The molecule has 0 atom stereocenters. The fourth-order valence-corrected chi connectivity index (χ4v) is 1.91. The maximum Gasteiger partial charge on any atom is 0.322 e. The van der Waals surface area contributed by atoms with Gasteiger partial charge < -0.3 is 25.0 Å². The first kappa shape index (κ1) is 17.3. The van der Waals surface area contributed by atoms with E-state index >= 15 is 0 Å². The summed E-state index contributed by atoms with van der Waals surface area (Å²) in [7, 11) is 6.40. The number of anilines is 2. The average Bonchev–Trinajstić information content (AvgIpc) is 2.62. The molecule has 0 aliphatic rings. The van der Waals surface area contributed by atoms with Gasteiger partial charge in [0.15, 0.2) is 0 Å². The highest BCUT2D eigenvalue weighted by molar-refractivity contribution is 5.90. The number of nitrogens with one attached hydrogen (secondary N) is 2. The molecule has 24 heavy (non-hydrogen) atoms. The SMILES string of the molecule is CNc1ncc(CN(C)C(=O)Nc2ccc(OC)nc2OC)cn1. The Morgan fingerprint density at radius 3 is 2.50 bits per heavy atom. The lowest BCUT2D eigenvalue weighted by atomic mass is 10.3. The molecular weight excluding hydrogens is 312 g/mol. The van der Waals surface area contributed by atoms with Crippen LogP contribution in [0.2, 0.25) is 0 Å². The highest BCUT2D eigenvalue weighted by Crippen LogP contribution is 2.25. The molecule has 2 rings (SSSR count). The van der Waals surface area contributed by atoms with Gasteiger partial charge in [-0.25, -0.2) is 14.8 Å². The zero-order chi connectivity index (χ0) is 17.5. The molecule has 0 saturated carbocycles. The van der Waals surface area contributed by atoms with Gasteiger partial charge in [0.05, 0.1) is 20.8 Å². The summed E-state index contributed by atoms with van der Waals surface area (Å²) >= 11 is 0. The van der Waals surface area contributed by atoms with Crippen molar-refractivity contribution < 1.29 is 14.3 Å². The summed E-state index contributed by atoms with van der Waals surface area (Å²) in [5, 5.41) is 5.58. The van der Waals surface area contributed by atoms with Crippen LogP contribution in [0.4, 0.5) is 16.4 Å². The van der Waals surface area contributed by atoms with Crippen molar-refractivity contribution >= 4 is 17.7 Å². The minimum absolute atomic E-state index is 0.276. The lowest BCUT2D eigenvalue weighted by Gasteiger charge is -2.18. The first-order valence-electron chi connectivity index (χ1n) is 7.17. The summed E-state index contributed by atoms with van der Waals surface area (Å²) in [6.45, 7) is 0.363. The number of methoxy groups -OCH3 is 2. The number of hydrogen-bond donors (Lipinski definition) is 2. The number of aromatic nitrogens is 3. The van der Waals surface area contributed by atoms with Gasteiger partial charge >= 0.3 is 6.03 Å². The zero-order valence-corrected chi connectivity index (χ0v) is 14.0. The molecule has 0 bridgehead atoms. The second kappa shape index (κ2) is 7.95. The summed E-state index contributed by atoms with van der Waals surface area (Å²) < 4.78 is 10.2. The van der Waals surface area contributed by atoms with Crippen LogP contribution in [-0.4, -0.2) is 54.2 Å². The number of carbonyl (C=O) groups is 1. The molecule has 2 heterocycles. The van der Waals surface area contributed by atoms with E-state index in [1.54, 1.807) is 38.6 Å². The van der Waals surface area contributed by atoms with E-state index in [9.17, 15) is 4.79 Å². The molecule has 2 aromatic rings. The molecule has 128 valence electrons. The van der Waals surface area contributed by atoms with Crippen molar-refractivity contribution in [3.63, 3.8) is 0 Å². The third-order valence-electron chi connectivity index (χ3n) is 3.17. The van der Waals surface area contributed by atoms with Crippen molar-refractivity contribution in [2.75, 3.05) is 38.9 Å². The summed E-state index contributed by atoms with van der Waals surface area (Å²) in [5.41, 5.74) is 1.27. The van der Waals surface area contributed by atoms with Crippen LogP contribution in [0, 0.1) is 0 Å². The molecule has 0 spiro atoms. The number of rotatable bonds is 6. The number of pyridine rings is 1. The molecule has 0 unspecified atom stereocenters.